The van der Waals surface area contributed by atoms with Gasteiger partial charge < -0.3 is 20.1 Å². The van der Waals surface area contributed by atoms with Crippen LogP contribution in [-0.4, -0.2) is 54.7 Å². The van der Waals surface area contributed by atoms with Crippen molar-refractivity contribution in [2.45, 2.75) is 25.2 Å². The van der Waals surface area contributed by atoms with E-state index in [4.69, 9.17) is 9.84 Å². The van der Waals surface area contributed by atoms with Crippen molar-refractivity contribution in [3.05, 3.63) is 59.7 Å². The summed E-state index contributed by atoms with van der Waals surface area (Å²) in [6, 6.07) is 16.3. The molecule has 2 aliphatic carbocycles. The van der Waals surface area contributed by atoms with Gasteiger partial charge in [-0.2, -0.15) is 0 Å². The topological polar surface area (TPSA) is 95.9 Å². The molecule has 2 aromatic carbocycles. The van der Waals surface area contributed by atoms with Crippen LogP contribution in [0.3, 0.4) is 0 Å². The van der Waals surface area contributed by atoms with Gasteiger partial charge in [0.2, 0.25) is 5.91 Å². The summed E-state index contributed by atoms with van der Waals surface area (Å²) in [6.45, 7) is 0.570. The Kier molecular flexibility index (Phi) is 5.67. The number of hydrogen-bond acceptors (Lipinski definition) is 4. The highest BCUT2D eigenvalue weighted by Crippen LogP contribution is 2.47. The fraction of sp³-hybridized carbons (Fsp3) is 0.375. The lowest BCUT2D eigenvalue weighted by molar-refractivity contribution is -0.139. The number of fused-ring (bicyclic) bond motifs is 3. The van der Waals surface area contributed by atoms with E-state index in [0.717, 1.165) is 11.1 Å². The van der Waals surface area contributed by atoms with E-state index >= 15 is 0 Å². The van der Waals surface area contributed by atoms with Crippen molar-refractivity contribution in [3.63, 3.8) is 0 Å². The first-order valence-electron chi connectivity index (χ1n) is 10.5. The standard InChI is InChI=1S/C24H26N2O5/c1-26(13-10-21(27)28)22(29)24(11-12-24)15-25-23(30)31-14-20-18-8-4-2-6-16(18)17-7-3-5-9-19(17)20/h2-9,20H,10-15H2,1H3,(H,25,30)(H,27,28). The minimum Gasteiger partial charge on any atom is -0.481 e. The van der Waals surface area contributed by atoms with Crippen molar-refractivity contribution >= 4 is 18.0 Å². The number of carbonyl (C=O) groups is 3. The normalized spacial score (nSPS) is 15.5. The molecule has 2 aromatic rings. The van der Waals surface area contributed by atoms with E-state index in [1.54, 1.807) is 7.05 Å². The zero-order valence-electron chi connectivity index (χ0n) is 17.5. The maximum Gasteiger partial charge on any atom is 0.407 e. The first kappa shape index (κ1) is 20.9. The molecule has 2 amide bonds. The number of carbonyl (C=O) groups excluding carboxylic acids is 2. The average Bonchev–Trinajstić information content (AvgIpc) is 3.51. The van der Waals surface area contributed by atoms with Gasteiger partial charge in [-0.05, 0) is 35.1 Å². The highest BCUT2D eigenvalue weighted by atomic mass is 16.5. The molecule has 0 saturated heterocycles. The zero-order chi connectivity index (χ0) is 22.0. The van der Waals surface area contributed by atoms with E-state index in [1.807, 2.05) is 24.3 Å². The number of nitrogens with one attached hydrogen (secondary N) is 1. The van der Waals surface area contributed by atoms with Crippen LogP contribution in [0.4, 0.5) is 4.79 Å². The number of nitrogens with zero attached hydrogens (tertiary/aromatic N) is 1. The molecule has 0 atom stereocenters. The summed E-state index contributed by atoms with van der Waals surface area (Å²) < 4.78 is 5.53. The number of aliphatic carboxylic acids is 1. The van der Waals surface area contributed by atoms with Crippen LogP contribution in [0.1, 0.15) is 36.3 Å². The molecule has 1 saturated carbocycles. The van der Waals surface area contributed by atoms with Gasteiger partial charge in [0.15, 0.2) is 0 Å². The van der Waals surface area contributed by atoms with E-state index in [2.05, 4.69) is 29.6 Å². The lowest BCUT2D eigenvalue weighted by Crippen LogP contribution is -2.42. The van der Waals surface area contributed by atoms with Crippen LogP contribution in [0.25, 0.3) is 11.1 Å². The first-order valence-corrected chi connectivity index (χ1v) is 10.5. The van der Waals surface area contributed by atoms with E-state index in [-0.39, 0.29) is 37.9 Å². The maximum atomic E-state index is 12.6. The van der Waals surface area contributed by atoms with Gasteiger partial charge in [0.1, 0.15) is 6.61 Å². The second-order valence-electron chi connectivity index (χ2n) is 8.33. The van der Waals surface area contributed by atoms with E-state index < -0.39 is 17.5 Å². The third-order valence-corrected chi connectivity index (χ3v) is 6.23. The predicted octanol–water partition coefficient (Wildman–Crippen LogP) is 3.24. The Bertz CT molecular complexity index is 969. The number of amides is 2. The van der Waals surface area contributed by atoms with Gasteiger partial charge in [0.05, 0.1) is 11.8 Å². The lowest BCUT2D eigenvalue weighted by atomic mass is 9.98. The Morgan fingerprint density at radius 3 is 2.19 bits per heavy atom. The summed E-state index contributed by atoms with van der Waals surface area (Å²) in [6.07, 6.45) is 0.701. The summed E-state index contributed by atoms with van der Waals surface area (Å²) in [5.41, 5.74) is 3.98. The number of carboxylic acid groups (broad SMARTS) is 1. The van der Waals surface area contributed by atoms with Gasteiger partial charge in [-0.25, -0.2) is 4.79 Å². The summed E-state index contributed by atoms with van der Waals surface area (Å²) in [4.78, 5) is 37.2. The molecule has 0 aliphatic heterocycles. The minimum atomic E-state index is -0.943. The highest BCUT2D eigenvalue weighted by Gasteiger charge is 2.51. The maximum absolute atomic E-state index is 12.6. The van der Waals surface area contributed by atoms with Crippen molar-refractivity contribution in [1.29, 1.82) is 0 Å². The molecule has 162 valence electrons. The van der Waals surface area contributed by atoms with Gasteiger partial charge in [-0.3, -0.25) is 9.59 Å². The minimum absolute atomic E-state index is 0.0168. The zero-order valence-corrected chi connectivity index (χ0v) is 17.5. The first-order chi connectivity index (χ1) is 14.9. The van der Waals surface area contributed by atoms with E-state index in [1.165, 1.54) is 16.0 Å². The molecule has 0 heterocycles. The summed E-state index contributed by atoms with van der Waals surface area (Å²) in [5, 5.41) is 11.5. The van der Waals surface area contributed by atoms with Crippen molar-refractivity contribution in [2.75, 3.05) is 26.7 Å². The predicted molar refractivity (Wildman–Crippen MR) is 115 cm³/mol. The Morgan fingerprint density at radius 2 is 1.65 bits per heavy atom. The van der Waals surface area contributed by atoms with Crippen LogP contribution in [0, 0.1) is 5.41 Å². The molecule has 2 N–H and O–H groups in total. The van der Waals surface area contributed by atoms with Crippen molar-refractivity contribution in [3.8, 4) is 11.1 Å². The molecule has 0 radical (unpaired) electrons. The second kappa shape index (κ2) is 8.41. The molecule has 7 heteroatoms. The molecule has 0 unspecified atom stereocenters. The van der Waals surface area contributed by atoms with Gasteiger partial charge in [0.25, 0.3) is 0 Å². The largest absolute Gasteiger partial charge is 0.481 e. The summed E-state index contributed by atoms with van der Waals surface area (Å²) >= 11 is 0. The molecular formula is C24H26N2O5. The van der Waals surface area contributed by atoms with Gasteiger partial charge >= 0.3 is 12.1 Å². The molecular weight excluding hydrogens is 396 g/mol. The molecule has 1 fully saturated rings. The molecule has 0 aromatic heterocycles. The number of benzene rings is 2. The van der Waals surface area contributed by atoms with E-state index in [0.29, 0.717) is 12.8 Å². The number of hydrogen-bond donors (Lipinski definition) is 2. The summed E-state index contributed by atoms with van der Waals surface area (Å²) in [5.74, 6) is -1.09. The van der Waals surface area contributed by atoms with Crippen molar-refractivity contribution in [2.24, 2.45) is 5.41 Å². The second-order valence-corrected chi connectivity index (χ2v) is 8.33. The molecule has 0 spiro atoms. The fourth-order valence-electron chi connectivity index (χ4n) is 4.28. The third-order valence-electron chi connectivity index (χ3n) is 6.23. The van der Waals surface area contributed by atoms with Gasteiger partial charge in [0, 0.05) is 26.1 Å². The average molecular weight is 422 g/mol. The van der Waals surface area contributed by atoms with E-state index in [9.17, 15) is 14.4 Å². The van der Waals surface area contributed by atoms with Crippen LogP contribution in [0.2, 0.25) is 0 Å². The van der Waals surface area contributed by atoms with Crippen LogP contribution >= 0.6 is 0 Å². The van der Waals surface area contributed by atoms with Gasteiger partial charge in [-0.15, -0.1) is 0 Å². The van der Waals surface area contributed by atoms with Crippen molar-refractivity contribution in [1.82, 2.24) is 10.2 Å². The molecule has 4 rings (SSSR count). The number of alkyl carbamates (subject to hydrolysis) is 1. The van der Waals surface area contributed by atoms with Crippen LogP contribution in [0.5, 0.6) is 0 Å². The van der Waals surface area contributed by atoms with Crippen LogP contribution in [0.15, 0.2) is 48.5 Å². The molecule has 0 bridgehead atoms. The quantitative estimate of drug-likeness (QED) is 0.681. The van der Waals surface area contributed by atoms with Crippen LogP contribution in [-0.2, 0) is 14.3 Å². The Morgan fingerprint density at radius 1 is 1.06 bits per heavy atom. The molecule has 2 aliphatic rings. The molecule has 7 nitrogen and oxygen atoms in total. The Balaban J connectivity index is 1.32. The number of carboxylic acids is 1. The Hall–Kier alpha value is -3.35. The Labute approximate surface area is 181 Å². The summed E-state index contributed by atoms with van der Waals surface area (Å²) in [7, 11) is 1.60. The fourth-order valence-corrected chi connectivity index (χ4v) is 4.28. The number of rotatable bonds is 8. The number of ether oxygens (including phenoxy) is 1. The van der Waals surface area contributed by atoms with Crippen LogP contribution < -0.4 is 5.32 Å². The van der Waals surface area contributed by atoms with Gasteiger partial charge in [-0.1, -0.05) is 48.5 Å². The third kappa shape index (κ3) is 4.26. The SMILES string of the molecule is CN(CCC(=O)O)C(=O)C1(CNC(=O)OCC2c3ccccc3-c3ccccc32)CC1. The monoisotopic (exact) mass is 422 g/mol. The highest BCUT2D eigenvalue weighted by molar-refractivity contribution is 5.86. The smallest absolute Gasteiger partial charge is 0.407 e. The van der Waals surface area contributed by atoms with Crippen molar-refractivity contribution < 1.29 is 24.2 Å². The lowest BCUT2D eigenvalue weighted by Gasteiger charge is -2.23. The molecule has 31 heavy (non-hydrogen) atoms.